The first-order chi connectivity index (χ1) is 4.37. The van der Waals surface area contributed by atoms with Crippen LogP contribution < -0.4 is 11.5 Å². The van der Waals surface area contributed by atoms with Crippen LogP contribution in [-0.4, -0.2) is 11.1 Å². The number of rotatable bonds is 0. The minimum Gasteiger partial charge on any atom is -0.513 e. The van der Waals surface area contributed by atoms with Crippen molar-refractivity contribution >= 4 is 6.03 Å². The van der Waals surface area contributed by atoms with Gasteiger partial charge in [0.25, 0.3) is 0 Å². The molecule has 0 aliphatic carbocycles. The summed E-state index contributed by atoms with van der Waals surface area (Å²) in [5.74, 6) is 0.426. The van der Waals surface area contributed by atoms with Crippen molar-refractivity contribution in [3.8, 4) is 0 Å². The van der Waals surface area contributed by atoms with Gasteiger partial charge < -0.3 is 16.6 Å². The van der Waals surface area contributed by atoms with Crippen LogP contribution in [0.5, 0.6) is 0 Å². The molecule has 5 N–H and O–H groups in total. The van der Waals surface area contributed by atoms with Crippen LogP contribution >= 0.6 is 0 Å². The van der Waals surface area contributed by atoms with Crippen molar-refractivity contribution in [1.29, 1.82) is 0 Å². The summed E-state index contributed by atoms with van der Waals surface area (Å²) in [7, 11) is 0. The van der Waals surface area contributed by atoms with Gasteiger partial charge in [0.1, 0.15) is 0 Å². The third-order valence-electron chi connectivity index (χ3n) is 0.724. The summed E-state index contributed by atoms with van der Waals surface area (Å²) < 4.78 is 0. The van der Waals surface area contributed by atoms with Crippen molar-refractivity contribution < 1.29 is 9.90 Å². The molecule has 0 aromatic carbocycles. The molecule has 4 heteroatoms. The van der Waals surface area contributed by atoms with Crippen molar-refractivity contribution in [2.24, 2.45) is 11.5 Å². The third kappa shape index (κ3) is 29.1. The second-order valence-electron chi connectivity index (χ2n) is 1.99. The van der Waals surface area contributed by atoms with E-state index >= 15 is 0 Å². The number of hydrogen-bond donors (Lipinski definition) is 3. The Balaban J connectivity index is 0. The minimum absolute atomic E-state index is 0.426. The van der Waals surface area contributed by atoms with Gasteiger partial charge in [0, 0.05) is 0 Å². The SMILES string of the molecule is CC(C)=C(C)O.NC(N)=O. The fraction of sp³-hybridized carbons (Fsp3) is 0.500. The molecule has 0 rings (SSSR count). The summed E-state index contributed by atoms with van der Waals surface area (Å²) in [5, 5.41) is 8.51. The van der Waals surface area contributed by atoms with Crippen molar-refractivity contribution in [1.82, 2.24) is 0 Å². The fourth-order valence-corrected chi connectivity index (χ4v) is 0. The Morgan fingerprint density at radius 2 is 1.30 bits per heavy atom. The van der Waals surface area contributed by atoms with Gasteiger partial charge in [0.05, 0.1) is 5.76 Å². The average molecular weight is 146 g/mol. The zero-order valence-corrected chi connectivity index (χ0v) is 6.51. The molecule has 0 aliphatic heterocycles. The van der Waals surface area contributed by atoms with Gasteiger partial charge in [0.2, 0.25) is 0 Å². The number of amides is 2. The van der Waals surface area contributed by atoms with Gasteiger partial charge in [0.15, 0.2) is 0 Å². The molecule has 60 valence electrons. The van der Waals surface area contributed by atoms with E-state index in [-0.39, 0.29) is 0 Å². The summed E-state index contributed by atoms with van der Waals surface area (Å²) in [5.41, 5.74) is 9.48. The highest BCUT2D eigenvalue weighted by atomic mass is 16.3. The zero-order valence-electron chi connectivity index (χ0n) is 6.51. The maximum Gasteiger partial charge on any atom is 0.309 e. The summed E-state index contributed by atoms with van der Waals surface area (Å²) in [6, 6.07) is -0.833. The second kappa shape index (κ2) is 5.94. The highest BCUT2D eigenvalue weighted by molar-refractivity contribution is 5.69. The van der Waals surface area contributed by atoms with Crippen molar-refractivity contribution in [2.45, 2.75) is 20.8 Å². The maximum atomic E-state index is 9.00. The number of aliphatic hydroxyl groups excluding tert-OH is 1. The standard InChI is InChI=1S/C5H10O.CH4N2O/c1-4(2)5(3)6;2-1(3)4/h6H,1-3H3;(H4,2,3,4). The Labute approximate surface area is 60.5 Å². The quantitative estimate of drug-likeness (QED) is 0.443. The summed E-state index contributed by atoms with van der Waals surface area (Å²) in [6.45, 7) is 5.42. The van der Waals surface area contributed by atoms with E-state index in [0.717, 1.165) is 5.57 Å². The topological polar surface area (TPSA) is 89.3 Å². The molecule has 0 heterocycles. The van der Waals surface area contributed by atoms with Crippen LogP contribution in [0.15, 0.2) is 11.3 Å². The predicted molar refractivity (Wildman–Crippen MR) is 40.4 cm³/mol. The molecule has 0 spiro atoms. The zero-order chi connectivity index (χ0) is 8.73. The molecular weight excluding hydrogens is 132 g/mol. The second-order valence-corrected chi connectivity index (χ2v) is 1.99. The highest BCUT2D eigenvalue weighted by Gasteiger charge is 1.78. The van der Waals surface area contributed by atoms with Crippen molar-refractivity contribution in [3.05, 3.63) is 11.3 Å². The van der Waals surface area contributed by atoms with Crippen molar-refractivity contribution in [2.75, 3.05) is 0 Å². The lowest BCUT2D eigenvalue weighted by Gasteiger charge is -1.87. The molecule has 0 atom stereocenters. The van der Waals surface area contributed by atoms with Gasteiger partial charge in [-0.15, -0.1) is 0 Å². The molecular formula is C6H14N2O2. The van der Waals surface area contributed by atoms with Gasteiger partial charge in [-0.05, 0) is 26.3 Å². The number of nitrogens with two attached hydrogens (primary N) is 2. The Bertz CT molecular complexity index is 119. The minimum atomic E-state index is -0.833. The normalized spacial score (nSPS) is 7.10. The highest BCUT2D eigenvalue weighted by Crippen LogP contribution is 1.93. The molecule has 0 aromatic heterocycles. The number of aliphatic hydroxyl groups is 1. The number of carbonyl (C=O) groups excluding carboxylic acids is 1. The van der Waals surface area contributed by atoms with Gasteiger partial charge in [-0.3, -0.25) is 0 Å². The van der Waals surface area contributed by atoms with Gasteiger partial charge >= 0.3 is 6.03 Å². The Morgan fingerprint density at radius 1 is 1.20 bits per heavy atom. The maximum absolute atomic E-state index is 9.00. The molecule has 2 amide bonds. The number of carbonyl (C=O) groups is 1. The van der Waals surface area contributed by atoms with Crippen LogP contribution in [0.3, 0.4) is 0 Å². The summed E-state index contributed by atoms with van der Waals surface area (Å²) >= 11 is 0. The summed E-state index contributed by atoms with van der Waals surface area (Å²) in [4.78, 5) is 9.00. The van der Waals surface area contributed by atoms with E-state index < -0.39 is 6.03 Å². The molecule has 0 unspecified atom stereocenters. The van der Waals surface area contributed by atoms with Crippen LogP contribution in [-0.2, 0) is 0 Å². The lowest BCUT2D eigenvalue weighted by molar-refractivity contribution is 0.256. The smallest absolute Gasteiger partial charge is 0.309 e. The number of urea groups is 1. The van der Waals surface area contributed by atoms with E-state index in [2.05, 4.69) is 11.5 Å². The largest absolute Gasteiger partial charge is 0.513 e. The van der Waals surface area contributed by atoms with Gasteiger partial charge in [-0.25, -0.2) is 4.79 Å². The van der Waals surface area contributed by atoms with Crippen LogP contribution in [0.1, 0.15) is 20.8 Å². The Morgan fingerprint density at radius 3 is 1.30 bits per heavy atom. The van der Waals surface area contributed by atoms with Crippen molar-refractivity contribution in [3.63, 3.8) is 0 Å². The number of allylic oxidation sites excluding steroid dienone is 2. The van der Waals surface area contributed by atoms with E-state index in [1.165, 1.54) is 0 Å². The molecule has 0 aliphatic rings. The monoisotopic (exact) mass is 146 g/mol. The van der Waals surface area contributed by atoms with Gasteiger partial charge in [-0.2, -0.15) is 0 Å². The number of hydrogen-bond acceptors (Lipinski definition) is 2. The third-order valence-corrected chi connectivity index (χ3v) is 0.724. The summed E-state index contributed by atoms with van der Waals surface area (Å²) in [6.07, 6.45) is 0. The Kier molecular flexibility index (Phi) is 6.88. The van der Waals surface area contributed by atoms with Crippen LogP contribution in [0.25, 0.3) is 0 Å². The molecule has 0 aromatic rings. The molecule has 0 bridgehead atoms. The molecule has 4 nitrogen and oxygen atoms in total. The molecule has 0 saturated carbocycles. The van der Waals surface area contributed by atoms with E-state index in [1.807, 2.05) is 13.8 Å². The predicted octanol–water partition coefficient (Wildman–Crippen LogP) is 0.882. The number of primary amides is 2. The van der Waals surface area contributed by atoms with Gasteiger partial charge in [-0.1, -0.05) is 0 Å². The van der Waals surface area contributed by atoms with E-state index in [9.17, 15) is 0 Å². The molecule has 0 fully saturated rings. The van der Waals surface area contributed by atoms with E-state index in [1.54, 1.807) is 6.92 Å². The average Bonchev–Trinajstić information content (AvgIpc) is 1.63. The van der Waals surface area contributed by atoms with Crippen LogP contribution in [0.4, 0.5) is 4.79 Å². The fourth-order valence-electron chi connectivity index (χ4n) is 0. The molecule has 0 radical (unpaired) electrons. The Hall–Kier alpha value is -1.19. The lowest BCUT2D eigenvalue weighted by atomic mass is 10.3. The van der Waals surface area contributed by atoms with Crippen LogP contribution in [0, 0.1) is 0 Å². The molecule has 10 heavy (non-hydrogen) atoms. The van der Waals surface area contributed by atoms with Crippen LogP contribution in [0.2, 0.25) is 0 Å². The first-order valence-corrected chi connectivity index (χ1v) is 2.76. The lowest BCUT2D eigenvalue weighted by Crippen LogP contribution is -2.18. The van der Waals surface area contributed by atoms with E-state index in [0.29, 0.717) is 5.76 Å². The first kappa shape index (κ1) is 11.6. The first-order valence-electron chi connectivity index (χ1n) is 2.76. The van der Waals surface area contributed by atoms with E-state index in [4.69, 9.17) is 9.90 Å². The molecule has 0 saturated heterocycles.